The van der Waals surface area contributed by atoms with Gasteiger partial charge in [-0.05, 0) is 18.9 Å². The Hall–Kier alpha value is -0.0100. The first-order chi connectivity index (χ1) is 6.24. The van der Waals surface area contributed by atoms with Crippen molar-refractivity contribution < 1.29 is 4.79 Å². The topological polar surface area (TPSA) is 17.1 Å². The number of hydrogen-bond donors (Lipinski definition) is 0. The first-order valence-corrected chi connectivity index (χ1v) is 5.61. The molecule has 0 spiro atoms. The summed E-state index contributed by atoms with van der Waals surface area (Å²) in [6, 6.07) is 0. The van der Waals surface area contributed by atoms with E-state index in [2.05, 4.69) is 0 Å². The molecule has 74 valence electrons. The molecule has 0 aromatic carbocycles. The molecule has 13 heavy (non-hydrogen) atoms. The Morgan fingerprint density at radius 2 is 1.92 bits per heavy atom. The molecule has 1 aliphatic rings. The van der Waals surface area contributed by atoms with E-state index in [9.17, 15) is 4.79 Å². The summed E-state index contributed by atoms with van der Waals surface area (Å²) in [7, 11) is 0. The molecule has 0 aromatic heterocycles. The van der Waals surface area contributed by atoms with E-state index in [1.807, 2.05) is 0 Å². The van der Waals surface area contributed by atoms with Crippen LogP contribution in [0, 0.1) is 5.92 Å². The minimum atomic E-state index is 0.158. The smallest absolute Gasteiger partial charge is 0.159 e. The number of allylic oxidation sites excluding steroid dienone is 2. The number of carbonyl (C=O) groups is 1. The third kappa shape index (κ3) is 3.70. The second kappa shape index (κ2) is 5.66. The van der Waals surface area contributed by atoms with Crippen molar-refractivity contribution in [2.24, 2.45) is 5.92 Å². The van der Waals surface area contributed by atoms with Crippen LogP contribution in [-0.4, -0.2) is 11.7 Å². The molecule has 0 heterocycles. The van der Waals surface area contributed by atoms with Crippen molar-refractivity contribution in [3.8, 4) is 0 Å². The van der Waals surface area contributed by atoms with Crippen molar-refractivity contribution in [2.45, 2.75) is 32.1 Å². The van der Waals surface area contributed by atoms with E-state index in [0.717, 1.165) is 12.8 Å². The van der Waals surface area contributed by atoms with E-state index in [4.69, 9.17) is 23.2 Å². The lowest BCUT2D eigenvalue weighted by molar-refractivity contribution is -0.119. The number of hydrogen-bond acceptors (Lipinski definition) is 1. The van der Waals surface area contributed by atoms with Crippen molar-refractivity contribution in [3.63, 3.8) is 0 Å². The molecule has 3 heteroatoms. The highest BCUT2D eigenvalue weighted by Crippen LogP contribution is 2.25. The Morgan fingerprint density at radius 1 is 1.31 bits per heavy atom. The highest BCUT2D eigenvalue weighted by molar-refractivity contribution is 6.36. The summed E-state index contributed by atoms with van der Waals surface area (Å²) in [6.07, 6.45) is 7.12. The molecule has 0 N–H and O–H groups in total. The van der Waals surface area contributed by atoms with Crippen LogP contribution in [0.4, 0.5) is 0 Å². The summed E-state index contributed by atoms with van der Waals surface area (Å²) in [4.78, 5) is 11.5. The molecule has 0 saturated heterocycles. The van der Waals surface area contributed by atoms with E-state index in [1.54, 1.807) is 0 Å². The average Bonchev–Trinajstić information content (AvgIpc) is 2.19. The monoisotopic (exact) mass is 220 g/mol. The SMILES string of the molecule is O=C(C=C(Cl)CCl)C1CCCCC1. The lowest BCUT2D eigenvalue weighted by Gasteiger charge is -2.18. The quantitative estimate of drug-likeness (QED) is 0.526. The van der Waals surface area contributed by atoms with Gasteiger partial charge in [-0.15, -0.1) is 11.6 Å². The van der Waals surface area contributed by atoms with Gasteiger partial charge in [-0.25, -0.2) is 0 Å². The van der Waals surface area contributed by atoms with E-state index < -0.39 is 0 Å². The van der Waals surface area contributed by atoms with Gasteiger partial charge in [-0.3, -0.25) is 4.79 Å². The third-order valence-corrected chi connectivity index (χ3v) is 3.10. The third-order valence-electron chi connectivity index (χ3n) is 2.43. The lowest BCUT2D eigenvalue weighted by atomic mass is 9.86. The van der Waals surface area contributed by atoms with Crippen LogP contribution in [0.15, 0.2) is 11.1 Å². The lowest BCUT2D eigenvalue weighted by Crippen LogP contribution is -2.15. The van der Waals surface area contributed by atoms with E-state index >= 15 is 0 Å². The predicted octanol–water partition coefficient (Wildman–Crippen LogP) is 3.50. The predicted molar refractivity (Wildman–Crippen MR) is 56.2 cm³/mol. The van der Waals surface area contributed by atoms with Crippen LogP contribution in [0.25, 0.3) is 0 Å². The molecule has 0 atom stereocenters. The molecule has 0 radical (unpaired) electrons. The van der Waals surface area contributed by atoms with Gasteiger partial charge in [0.25, 0.3) is 0 Å². The Morgan fingerprint density at radius 3 is 2.46 bits per heavy atom. The first-order valence-electron chi connectivity index (χ1n) is 4.70. The van der Waals surface area contributed by atoms with Crippen LogP contribution >= 0.6 is 23.2 Å². The molecule has 0 bridgehead atoms. The summed E-state index contributed by atoms with van der Waals surface area (Å²) >= 11 is 11.2. The maximum absolute atomic E-state index is 11.5. The Balaban J connectivity index is 2.46. The molecule has 1 aliphatic carbocycles. The molecule has 0 amide bonds. The minimum absolute atomic E-state index is 0.158. The highest BCUT2D eigenvalue weighted by atomic mass is 35.5. The molecule has 1 saturated carbocycles. The number of ketones is 1. The zero-order chi connectivity index (χ0) is 9.68. The second-order valence-corrected chi connectivity index (χ2v) is 4.21. The van der Waals surface area contributed by atoms with Crippen LogP contribution in [0.2, 0.25) is 0 Å². The van der Waals surface area contributed by atoms with Gasteiger partial charge in [0.1, 0.15) is 0 Å². The van der Waals surface area contributed by atoms with Crippen molar-refractivity contribution in [3.05, 3.63) is 11.1 Å². The molecule has 1 rings (SSSR count). The molecule has 0 unspecified atom stereocenters. The maximum atomic E-state index is 11.5. The van der Waals surface area contributed by atoms with Crippen LogP contribution in [-0.2, 0) is 4.79 Å². The zero-order valence-electron chi connectivity index (χ0n) is 7.56. The van der Waals surface area contributed by atoms with Gasteiger partial charge < -0.3 is 0 Å². The molecule has 1 nitrogen and oxygen atoms in total. The fraction of sp³-hybridized carbons (Fsp3) is 0.700. The van der Waals surface area contributed by atoms with Crippen molar-refractivity contribution in [2.75, 3.05) is 5.88 Å². The molecule has 1 fully saturated rings. The molecular weight excluding hydrogens is 207 g/mol. The Bertz CT molecular complexity index is 205. The summed E-state index contributed by atoms with van der Waals surface area (Å²) in [5, 5.41) is 0.456. The normalized spacial score (nSPS) is 20.3. The Kier molecular flexibility index (Phi) is 4.82. The molecule has 0 aliphatic heterocycles. The van der Waals surface area contributed by atoms with E-state index in [0.29, 0.717) is 5.03 Å². The van der Waals surface area contributed by atoms with E-state index in [1.165, 1.54) is 25.3 Å². The molecule has 0 aromatic rings. The number of halogens is 2. The largest absolute Gasteiger partial charge is 0.295 e. The van der Waals surface area contributed by atoms with Gasteiger partial charge in [0.05, 0.1) is 5.88 Å². The van der Waals surface area contributed by atoms with Crippen molar-refractivity contribution >= 4 is 29.0 Å². The summed E-state index contributed by atoms with van der Waals surface area (Å²) in [5.74, 6) is 0.594. The van der Waals surface area contributed by atoms with Gasteiger partial charge in [-0.1, -0.05) is 30.9 Å². The van der Waals surface area contributed by atoms with Gasteiger partial charge >= 0.3 is 0 Å². The second-order valence-electron chi connectivity index (χ2n) is 3.46. The number of rotatable bonds is 3. The summed E-state index contributed by atoms with van der Waals surface area (Å²) in [6.45, 7) is 0. The van der Waals surface area contributed by atoms with Crippen LogP contribution in [0.1, 0.15) is 32.1 Å². The number of carbonyl (C=O) groups excluding carboxylic acids is 1. The fourth-order valence-corrected chi connectivity index (χ4v) is 1.88. The fourth-order valence-electron chi connectivity index (χ4n) is 1.70. The van der Waals surface area contributed by atoms with Gasteiger partial charge in [0.15, 0.2) is 5.78 Å². The molecular formula is C10H14Cl2O. The summed E-state index contributed by atoms with van der Waals surface area (Å²) < 4.78 is 0. The zero-order valence-corrected chi connectivity index (χ0v) is 9.07. The summed E-state index contributed by atoms with van der Waals surface area (Å²) in [5.41, 5.74) is 0. The maximum Gasteiger partial charge on any atom is 0.159 e. The highest BCUT2D eigenvalue weighted by Gasteiger charge is 2.19. The number of alkyl halides is 1. The van der Waals surface area contributed by atoms with Crippen molar-refractivity contribution in [1.82, 2.24) is 0 Å². The van der Waals surface area contributed by atoms with Gasteiger partial charge in [-0.2, -0.15) is 0 Å². The first kappa shape index (κ1) is 11.1. The van der Waals surface area contributed by atoms with Crippen molar-refractivity contribution in [1.29, 1.82) is 0 Å². The standard InChI is InChI=1S/C10H14Cl2O/c11-7-9(12)6-10(13)8-4-2-1-3-5-8/h6,8H,1-5,7H2. The minimum Gasteiger partial charge on any atom is -0.295 e. The van der Waals surface area contributed by atoms with E-state index in [-0.39, 0.29) is 17.6 Å². The average molecular weight is 221 g/mol. The van der Waals surface area contributed by atoms with Crippen LogP contribution < -0.4 is 0 Å². The van der Waals surface area contributed by atoms with Crippen LogP contribution in [0.5, 0.6) is 0 Å². The Labute approximate surface area is 89.1 Å². The van der Waals surface area contributed by atoms with Gasteiger partial charge in [0.2, 0.25) is 0 Å². The van der Waals surface area contributed by atoms with Gasteiger partial charge in [0, 0.05) is 11.0 Å². The van der Waals surface area contributed by atoms with Crippen LogP contribution in [0.3, 0.4) is 0 Å².